The normalized spacial score (nSPS) is 19.0. The van der Waals surface area contributed by atoms with E-state index in [-0.39, 0.29) is 30.0 Å². The Balaban J connectivity index is 0.00000385. The van der Waals surface area contributed by atoms with Gasteiger partial charge >= 0.3 is 0 Å². The predicted molar refractivity (Wildman–Crippen MR) is 145 cm³/mol. The van der Waals surface area contributed by atoms with Crippen LogP contribution in [-0.2, 0) is 14.2 Å². The Morgan fingerprint density at radius 3 is 2.64 bits per heavy atom. The SMILES string of the molecule is CCNC(=NCC(c1cccc(C)c1)N1CCOCC1)NCCCOCC1CCOCC1.I. The van der Waals surface area contributed by atoms with Crippen LogP contribution in [0.5, 0.6) is 0 Å². The maximum absolute atomic E-state index is 5.89. The van der Waals surface area contributed by atoms with Gasteiger partial charge in [0, 0.05) is 52.6 Å². The molecular formula is C25H43IN4O3. The highest BCUT2D eigenvalue weighted by molar-refractivity contribution is 14.0. The molecule has 1 aromatic rings. The molecule has 2 aliphatic rings. The Morgan fingerprint density at radius 1 is 1.15 bits per heavy atom. The van der Waals surface area contributed by atoms with Gasteiger partial charge in [-0.05, 0) is 44.6 Å². The number of nitrogens with one attached hydrogen (secondary N) is 2. The van der Waals surface area contributed by atoms with Gasteiger partial charge in [-0.25, -0.2) is 0 Å². The van der Waals surface area contributed by atoms with E-state index in [0.29, 0.717) is 5.92 Å². The number of nitrogens with zero attached hydrogens (tertiary/aromatic N) is 2. The summed E-state index contributed by atoms with van der Waals surface area (Å²) in [5.41, 5.74) is 2.61. The maximum Gasteiger partial charge on any atom is 0.191 e. The highest BCUT2D eigenvalue weighted by atomic mass is 127. The average molecular weight is 575 g/mol. The summed E-state index contributed by atoms with van der Waals surface area (Å²) in [6, 6.07) is 9.06. The van der Waals surface area contributed by atoms with Gasteiger partial charge in [-0.2, -0.15) is 0 Å². The van der Waals surface area contributed by atoms with E-state index in [1.54, 1.807) is 0 Å². The summed E-state index contributed by atoms with van der Waals surface area (Å²) in [7, 11) is 0. The predicted octanol–water partition coefficient (Wildman–Crippen LogP) is 3.37. The molecule has 188 valence electrons. The van der Waals surface area contributed by atoms with Gasteiger partial charge in [0.1, 0.15) is 0 Å². The van der Waals surface area contributed by atoms with Gasteiger partial charge in [0.2, 0.25) is 0 Å². The molecule has 1 aromatic carbocycles. The fourth-order valence-corrected chi connectivity index (χ4v) is 4.26. The van der Waals surface area contributed by atoms with E-state index in [2.05, 4.69) is 53.6 Å². The molecule has 33 heavy (non-hydrogen) atoms. The highest BCUT2D eigenvalue weighted by Gasteiger charge is 2.22. The second kappa shape index (κ2) is 16.6. The number of rotatable bonds is 11. The van der Waals surface area contributed by atoms with Gasteiger partial charge in [-0.1, -0.05) is 29.8 Å². The largest absolute Gasteiger partial charge is 0.381 e. The summed E-state index contributed by atoms with van der Waals surface area (Å²) in [5, 5.41) is 6.86. The highest BCUT2D eigenvalue weighted by Crippen LogP contribution is 2.23. The molecule has 0 aliphatic carbocycles. The number of guanidine groups is 1. The van der Waals surface area contributed by atoms with Crippen LogP contribution in [0.4, 0.5) is 0 Å². The van der Waals surface area contributed by atoms with Gasteiger partial charge < -0.3 is 24.8 Å². The molecule has 2 fully saturated rings. The monoisotopic (exact) mass is 574 g/mol. The van der Waals surface area contributed by atoms with Crippen molar-refractivity contribution < 1.29 is 14.2 Å². The van der Waals surface area contributed by atoms with Crippen molar-refractivity contribution in [3.63, 3.8) is 0 Å². The lowest BCUT2D eigenvalue weighted by molar-refractivity contribution is 0.0179. The second-order valence-corrected chi connectivity index (χ2v) is 8.71. The van der Waals surface area contributed by atoms with E-state index < -0.39 is 0 Å². The number of aliphatic imine (C=N–C) groups is 1. The molecule has 0 radical (unpaired) electrons. The van der Waals surface area contributed by atoms with Gasteiger partial charge in [0.15, 0.2) is 5.96 Å². The van der Waals surface area contributed by atoms with Crippen LogP contribution in [0.3, 0.4) is 0 Å². The van der Waals surface area contributed by atoms with Crippen LogP contribution in [0.1, 0.15) is 43.4 Å². The van der Waals surface area contributed by atoms with Crippen LogP contribution >= 0.6 is 24.0 Å². The molecule has 2 saturated heterocycles. The standard InChI is InChI=1S/C25H42N4O3.HI/c1-3-26-25(27-10-5-13-32-20-22-8-14-30-15-9-22)28-19-24(29-11-16-31-17-12-29)23-7-4-6-21(2)18-23;/h4,6-7,18,22,24H,3,5,8-17,19-20H2,1-2H3,(H2,26,27,28);1H. The van der Waals surface area contributed by atoms with Crippen molar-refractivity contribution in [2.24, 2.45) is 10.9 Å². The van der Waals surface area contributed by atoms with E-state index in [1.165, 1.54) is 11.1 Å². The van der Waals surface area contributed by atoms with E-state index in [4.69, 9.17) is 19.2 Å². The van der Waals surface area contributed by atoms with Crippen molar-refractivity contribution in [2.45, 2.75) is 39.2 Å². The number of benzene rings is 1. The third-order valence-electron chi connectivity index (χ3n) is 6.13. The van der Waals surface area contributed by atoms with Crippen LogP contribution in [0, 0.1) is 12.8 Å². The fourth-order valence-electron chi connectivity index (χ4n) is 4.26. The molecule has 3 rings (SSSR count). The Labute approximate surface area is 217 Å². The third-order valence-corrected chi connectivity index (χ3v) is 6.13. The topological polar surface area (TPSA) is 67.4 Å². The smallest absolute Gasteiger partial charge is 0.191 e. The van der Waals surface area contributed by atoms with Gasteiger partial charge in [0.05, 0.1) is 25.8 Å². The van der Waals surface area contributed by atoms with Crippen LogP contribution in [-0.4, -0.2) is 83.2 Å². The number of halogens is 1. The number of hydrogen-bond donors (Lipinski definition) is 2. The van der Waals surface area contributed by atoms with E-state index in [1.807, 2.05) is 0 Å². The first kappa shape index (κ1) is 28.3. The number of morpholine rings is 1. The third kappa shape index (κ3) is 10.5. The number of aryl methyl sites for hydroxylation is 1. The zero-order valence-corrected chi connectivity index (χ0v) is 22.7. The van der Waals surface area contributed by atoms with Crippen molar-refractivity contribution in [1.29, 1.82) is 0 Å². The van der Waals surface area contributed by atoms with E-state index >= 15 is 0 Å². The van der Waals surface area contributed by atoms with E-state index in [0.717, 1.165) is 97.6 Å². The van der Waals surface area contributed by atoms with E-state index in [9.17, 15) is 0 Å². The van der Waals surface area contributed by atoms with Crippen molar-refractivity contribution in [3.05, 3.63) is 35.4 Å². The molecule has 1 atom stereocenters. The molecule has 0 saturated carbocycles. The molecule has 0 bridgehead atoms. The van der Waals surface area contributed by atoms with Gasteiger partial charge in [0.25, 0.3) is 0 Å². The average Bonchev–Trinajstić information content (AvgIpc) is 2.83. The minimum atomic E-state index is 0. The zero-order valence-electron chi connectivity index (χ0n) is 20.4. The lowest BCUT2D eigenvalue weighted by Gasteiger charge is -2.34. The second-order valence-electron chi connectivity index (χ2n) is 8.71. The molecular weight excluding hydrogens is 531 g/mol. The maximum atomic E-state index is 5.89. The van der Waals surface area contributed by atoms with Gasteiger partial charge in [-0.3, -0.25) is 9.89 Å². The minimum Gasteiger partial charge on any atom is -0.381 e. The van der Waals surface area contributed by atoms with Crippen LogP contribution in [0.2, 0.25) is 0 Å². The summed E-state index contributed by atoms with van der Waals surface area (Å²) in [4.78, 5) is 7.44. The number of ether oxygens (including phenoxy) is 3. The molecule has 2 aliphatic heterocycles. The lowest BCUT2D eigenvalue weighted by atomic mass is 10.0. The fraction of sp³-hybridized carbons (Fsp3) is 0.720. The summed E-state index contributed by atoms with van der Waals surface area (Å²) < 4.78 is 16.9. The zero-order chi connectivity index (χ0) is 22.4. The van der Waals surface area contributed by atoms with Crippen molar-refractivity contribution in [1.82, 2.24) is 15.5 Å². The van der Waals surface area contributed by atoms with Crippen molar-refractivity contribution in [3.8, 4) is 0 Å². The summed E-state index contributed by atoms with van der Waals surface area (Å²) in [5.74, 6) is 1.54. The summed E-state index contributed by atoms with van der Waals surface area (Å²) in [6.45, 7) is 13.6. The Morgan fingerprint density at radius 2 is 1.91 bits per heavy atom. The molecule has 2 N–H and O–H groups in total. The first-order valence-corrected chi connectivity index (χ1v) is 12.3. The van der Waals surface area contributed by atoms with Crippen LogP contribution in [0.15, 0.2) is 29.3 Å². The van der Waals surface area contributed by atoms with Gasteiger partial charge in [-0.15, -0.1) is 24.0 Å². The minimum absolute atomic E-state index is 0. The quantitative estimate of drug-likeness (QED) is 0.183. The first-order valence-electron chi connectivity index (χ1n) is 12.3. The molecule has 0 spiro atoms. The Bertz CT molecular complexity index is 679. The lowest BCUT2D eigenvalue weighted by Crippen LogP contribution is -2.42. The molecule has 0 amide bonds. The van der Waals surface area contributed by atoms with Crippen molar-refractivity contribution >= 4 is 29.9 Å². The molecule has 0 aromatic heterocycles. The van der Waals surface area contributed by atoms with Crippen LogP contribution < -0.4 is 10.6 Å². The molecule has 2 heterocycles. The van der Waals surface area contributed by atoms with Crippen LogP contribution in [0.25, 0.3) is 0 Å². The summed E-state index contributed by atoms with van der Waals surface area (Å²) in [6.07, 6.45) is 3.22. The Hall–Kier alpha value is -0.940. The number of hydrogen-bond acceptors (Lipinski definition) is 5. The van der Waals surface area contributed by atoms with Crippen molar-refractivity contribution in [2.75, 3.05) is 72.4 Å². The molecule has 1 unspecified atom stereocenters. The summed E-state index contributed by atoms with van der Waals surface area (Å²) >= 11 is 0. The molecule has 7 nitrogen and oxygen atoms in total. The molecule has 8 heteroatoms. The first-order chi connectivity index (χ1) is 15.8. The Kier molecular flexibility index (Phi) is 14.3.